The van der Waals surface area contributed by atoms with Crippen molar-refractivity contribution in [1.29, 1.82) is 5.26 Å². The summed E-state index contributed by atoms with van der Waals surface area (Å²) in [6.07, 6.45) is 0.596. The van der Waals surface area contributed by atoms with E-state index in [1.165, 1.54) is 0 Å². The number of hydrogen-bond acceptors (Lipinski definition) is 3. The van der Waals surface area contributed by atoms with Crippen molar-refractivity contribution in [3.05, 3.63) is 0 Å². The summed E-state index contributed by atoms with van der Waals surface area (Å²) in [7, 11) is 0. The molecule has 0 aliphatic rings. The first-order valence-electron chi connectivity index (χ1n) is 2.27. The van der Waals surface area contributed by atoms with Crippen molar-refractivity contribution in [1.82, 2.24) is 0 Å². The van der Waals surface area contributed by atoms with E-state index < -0.39 is 0 Å². The lowest BCUT2D eigenvalue weighted by Gasteiger charge is -1.88. The fourth-order valence-electron chi connectivity index (χ4n) is 0.240. The molecular weight excluding hydrogens is 138 g/mol. The minimum absolute atomic E-state index is 0.596. The first-order chi connectivity index (χ1) is 3.77. The summed E-state index contributed by atoms with van der Waals surface area (Å²) in [5, 5.41) is 8.07. The van der Waals surface area contributed by atoms with E-state index in [-0.39, 0.29) is 0 Å². The third-order valence-corrected chi connectivity index (χ3v) is 1.69. The lowest BCUT2D eigenvalue weighted by atomic mass is 10.6. The van der Waals surface area contributed by atoms with Crippen LogP contribution in [0.4, 0.5) is 0 Å². The summed E-state index contributed by atoms with van der Waals surface area (Å²) < 4.78 is 0.917. The Balaban J connectivity index is 2.97. The molecule has 0 spiro atoms. The number of thiocarbonyl (C=S) groups is 1. The third kappa shape index (κ3) is 5.93. The number of thioether (sulfide) groups is 1. The second-order valence-electron chi connectivity index (χ2n) is 1.25. The number of rotatable bonds is 2. The molecule has 1 nitrogen and oxygen atoms in total. The molecule has 0 bridgehead atoms. The van der Waals surface area contributed by atoms with Gasteiger partial charge in [-0.3, -0.25) is 0 Å². The lowest BCUT2D eigenvalue weighted by Crippen LogP contribution is -1.80. The maximum absolute atomic E-state index is 8.07. The van der Waals surface area contributed by atoms with Crippen molar-refractivity contribution in [2.24, 2.45) is 0 Å². The van der Waals surface area contributed by atoms with E-state index in [1.54, 1.807) is 11.8 Å². The molecule has 0 aliphatic carbocycles. The molecule has 0 heterocycles. The van der Waals surface area contributed by atoms with Crippen molar-refractivity contribution < 1.29 is 0 Å². The smallest absolute Gasteiger partial charge is 0.0630 e. The molecular formula is C5H7NS2. The molecule has 0 saturated heterocycles. The zero-order valence-corrected chi connectivity index (χ0v) is 6.31. The Morgan fingerprint density at radius 1 is 1.88 bits per heavy atom. The van der Waals surface area contributed by atoms with E-state index >= 15 is 0 Å². The molecule has 0 aromatic rings. The van der Waals surface area contributed by atoms with E-state index in [0.717, 1.165) is 9.95 Å². The molecule has 3 heteroatoms. The van der Waals surface area contributed by atoms with Gasteiger partial charge in [-0.15, -0.1) is 11.8 Å². The van der Waals surface area contributed by atoms with E-state index in [0.29, 0.717) is 6.42 Å². The van der Waals surface area contributed by atoms with Gasteiger partial charge in [-0.2, -0.15) is 5.26 Å². The third-order valence-electron chi connectivity index (χ3n) is 0.519. The molecule has 0 radical (unpaired) electrons. The van der Waals surface area contributed by atoms with Crippen molar-refractivity contribution >= 4 is 28.2 Å². The highest BCUT2D eigenvalue weighted by molar-refractivity contribution is 8.23. The molecule has 0 fully saturated rings. The average molecular weight is 145 g/mol. The van der Waals surface area contributed by atoms with E-state index in [2.05, 4.69) is 0 Å². The highest BCUT2D eigenvalue weighted by Crippen LogP contribution is 2.03. The second-order valence-corrected chi connectivity index (χ2v) is 3.43. The van der Waals surface area contributed by atoms with Crippen LogP contribution in [-0.2, 0) is 0 Å². The standard InChI is InChI=1S/C5H7NS2/c1-5(7)8-4-2-3-6/h2,4H2,1H3. The van der Waals surface area contributed by atoms with Gasteiger partial charge < -0.3 is 0 Å². The number of nitriles is 1. The molecule has 0 amide bonds. The molecule has 0 atom stereocenters. The predicted molar refractivity (Wildman–Crippen MR) is 41.0 cm³/mol. The first-order valence-corrected chi connectivity index (χ1v) is 3.67. The Kier molecular flexibility index (Phi) is 5.03. The topological polar surface area (TPSA) is 23.8 Å². The molecule has 0 unspecified atom stereocenters. The summed E-state index contributed by atoms with van der Waals surface area (Å²) in [6, 6.07) is 2.04. The monoisotopic (exact) mass is 145 g/mol. The fraction of sp³-hybridized carbons (Fsp3) is 0.600. The van der Waals surface area contributed by atoms with Crippen LogP contribution in [0.25, 0.3) is 0 Å². The van der Waals surface area contributed by atoms with Gasteiger partial charge in [0.05, 0.1) is 6.07 Å². The highest BCUT2D eigenvalue weighted by Gasteiger charge is 1.86. The van der Waals surface area contributed by atoms with E-state index in [4.69, 9.17) is 17.5 Å². The number of hydrogen-bond donors (Lipinski definition) is 0. The van der Waals surface area contributed by atoms with Gasteiger partial charge in [-0.1, -0.05) is 12.2 Å². The van der Waals surface area contributed by atoms with Crippen LogP contribution in [0.1, 0.15) is 13.3 Å². The zero-order chi connectivity index (χ0) is 6.41. The Bertz CT molecular complexity index is 114. The molecule has 0 aromatic heterocycles. The molecule has 0 N–H and O–H groups in total. The predicted octanol–water partition coefficient (Wildman–Crippen LogP) is 1.98. The maximum atomic E-state index is 8.07. The summed E-state index contributed by atoms with van der Waals surface area (Å²) in [6.45, 7) is 1.87. The average Bonchev–Trinajstić information content (AvgIpc) is 1.66. The minimum Gasteiger partial charge on any atom is -0.198 e. The molecule has 0 aromatic carbocycles. The first kappa shape index (κ1) is 7.93. The van der Waals surface area contributed by atoms with Crippen molar-refractivity contribution in [3.63, 3.8) is 0 Å². The van der Waals surface area contributed by atoms with E-state index in [1.807, 2.05) is 13.0 Å². The fourth-order valence-corrected chi connectivity index (χ4v) is 0.971. The zero-order valence-electron chi connectivity index (χ0n) is 4.68. The normalized spacial score (nSPS) is 8.00. The SMILES string of the molecule is CC(=S)SCCC#N. The summed E-state index contributed by atoms with van der Waals surface area (Å²) in [4.78, 5) is 0. The van der Waals surface area contributed by atoms with Crippen LogP contribution in [0, 0.1) is 11.3 Å². The molecule has 0 saturated carbocycles. The van der Waals surface area contributed by atoms with Crippen molar-refractivity contribution in [3.8, 4) is 6.07 Å². The van der Waals surface area contributed by atoms with Crippen LogP contribution in [0.3, 0.4) is 0 Å². The Hall–Kier alpha value is -0.0700. The van der Waals surface area contributed by atoms with Crippen molar-refractivity contribution in [2.75, 3.05) is 5.75 Å². The van der Waals surface area contributed by atoms with Crippen LogP contribution < -0.4 is 0 Å². The van der Waals surface area contributed by atoms with Crippen LogP contribution in [0.5, 0.6) is 0 Å². The Morgan fingerprint density at radius 2 is 2.50 bits per heavy atom. The highest BCUT2D eigenvalue weighted by atomic mass is 32.2. The van der Waals surface area contributed by atoms with Gasteiger partial charge in [0.25, 0.3) is 0 Å². The van der Waals surface area contributed by atoms with E-state index in [9.17, 15) is 0 Å². The lowest BCUT2D eigenvalue weighted by molar-refractivity contribution is 1.25. The molecule has 0 aliphatic heterocycles. The molecule has 0 rings (SSSR count). The second kappa shape index (κ2) is 5.07. The summed E-state index contributed by atoms with van der Waals surface area (Å²) in [5.74, 6) is 0.839. The summed E-state index contributed by atoms with van der Waals surface area (Å²) >= 11 is 6.33. The van der Waals surface area contributed by atoms with Crippen molar-refractivity contribution in [2.45, 2.75) is 13.3 Å². The molecule has 44 valence electrons. The van der Waals surface area contributed by atoms with Gasteiger partial charge in [0.15, 0.2) is 0 Å². The largest absolute Gasteiger partial charge is 0.198 e. The van der Waals surface area contributed by atoms with Gasteiger partial charge in [-0.05, 0) is 6.92 Å². The van der Waals surface area contributed by atoms with Gasteiger partial charge in [0.2, 0.25) is 0 Å². The van der Waals surface area contributed by atoms with Crippen LogP contribution >= 0.6 is 24.0 Å². The quantitative estimate of drug-likeness (QED) is 0.438. The van der Waals surface area contributed by atoms with Gasteiger partial charge in [-0.25, -0.2) is 0 Å². The Labute approximate surface area is 59.1 Å². The molecule has 8 heavy (non-hydrogen) atoms. The van der Waals surface area contributed by atoms with Gasteiger partial charge in [0.1, 0.15) is 0 Å². The Morgan fingerprint density at radius 3 is 2.88 bits per heavy atom. The van der Waals surface area contributed by atoms with Gasteiger partial charge in [0, 0.05) is 16.4 Å². The van der Waals surface area contributed by atoms with Gasteiger partial charge >= 0.3 is 0 Å². The van der Waals surface area contributed by atoms with Crippen LogP contribution in [0.15, 0.2) is 0 Å². The van der Waals surface area contributed by atoms with Crippen LogP contribution in [-0.4, -0.2) is 9.95 Å². The minimum atomic E-state index is 0.596. The maximum Gasteiger partial charge on any atom is 0.0630 e. The number of nitrogens with zero attached hydrogens (tertiary/aromatic N) is 1. The summed E-state index contributed by atoms with van der Waals surface area (Å²) in [5.41, 5.74) is 0. The van der Waals surface area contributed by atoms with Crippen LogP contribution in [0.2, 0.25) is 0 Å².